The zero-order chi connectivity index (χ0) is 44.4. The van der Waals surface area contributed by atoms with Gasteiger partial charge in [-0.2, -0.15) is 0 Å². The minimum Gasteiger partial charge on any atom is -0.486 e. The van der Waals surface area contributed by atoms with Crippen LogP contribution in [-0.4, -0.2) is 37.8 Å². The quantitative estimate of drug-likeness (QED) is 0.123. The Balaban J connectivity index is 0.000000229. The van der Waals surface area contributed by atoms with Gasteiger partial charge < -0.3 is 8.98 Å². The molecule has 0 saturated carbocycles. The van der Waals surface area contributed by atoms with Crippen molar-refractivity contribution in [3.63, 3.8) is 0 Å². The van der Waals surface area contributed by atoms with Gasteiger partial charge in [0.25, 0.3) is 0 Å². The summed E-state index contributed by atoms with van der Waals surface area (Å²) in [7, 11) is 0. The van der Waals surface area contributed by atoms with E-state index in [4.69, 9.17) is 19.4 Å². The van der Waals surface area contributed by atoms with E-state index in [1.54, 1.807) is 6.07 Å². The number of nitrogens with zero attached hydrogens (tertiary/aromatic N) is 5. The molecule has 0 fully saturated rings. The molecule has 6 nitrogen and oxygen atoms in total. The summed E-state index contributed by atoms with van der Waals surface area (Å²) in [4.78, 5) is 19.8. The summed E-state index contributed by atoms with van der Waals surface area (Å²) in [5, 5.41) is 3.14. The predicted molar refractivity (Wildman–Crippen MR) is 258 cm³/mol. The molecule has 0 spiro atoms. The summed E-state index contributed by atoms with van der Waals surface area (Å²) in [6.07, 6.45) is 3.06. The third kappa shape index (κ3) is 9.05. The Hall–Kier alpha value is -5.02. The standard InChI is InChI=1S/C36H33N4O.C18H23FGeN.Ir/c1-19-17-21(3)31(22(4)18-19)40-32-27(15-12-24-11-10-23(5)37-30(24)32)38-34(40)26-13-9-20(2)29-25-14-16-28(36(6,7)8)39-35(25)41-33(26)29;1-13(2)9-15-11-18(14-7-6-8-16(19)10-14)21-12-17(15)20(3,4)5;/h9-12,14-18H,1-8H3;6,8,10-13H,9H2,1-5H3;/q2*-1;. The van der Waals surface area contributed by atoms with Gasteiger partial charge in [0, 0.05) is 53.4 Å². The van der Waals surface area contributed by atoms with Gasteiger partial charge in [0.05, 0.1) is 28.0 Å². The minimum atomic E-state index is -1.95. The number of furan rings is 1. The number of halogens is 1. The van der Waals surface area contributed by atoms with Crippen LogP contribution in [0.3, 0.4) is 0 Å². The van der Waals surface area contributed by atoms with Crippen LogP contribution in [0.4, 0.5) is 4.39 Å². The van der Waals surface area contributed by atoms with Crippen molar-refractivity contribution in [1.82, 2.24) is 24.5 Å². The van der Waals surface area contributed by atoms with Crippen molar-refractivity contribution in [1.29, 1.82) is 0 Å². The van der Waals surface area contributed by atoms with Crippen LogP contribution in [0, 0.1) is 58.5 Å². The maximum atomic E-state index is 13.4. The fourth-order valence-corrected chi connectivity index (χ4v) is 12.0. The molecule has 0 saturated heterocycles. The van der Waals surface area contributed by atoms with E-state index < -0.39 is 13.3 Å². The number of benzene rings is 4. The van der Waals surface area contributed by atoms with Crippen molar-refractivity contribution in [3.8, 4) is 28.3 Å². The minimum absolute atomic E-state index is 0. The molecule has 5 heterocycles. The van der Waals surface area contributed by atoms with Crippen LogP contribution < -0.4 is 4.40 Å². The number of hydrogen-bond donors (Lipinski definition) is 0. The average molecular weight is 1070 g/mol. The first-order valence-corrected chi connectivity index (χ1v) is 28.9. The topological polar surface area (TPSA) is 69.6 Å². The Morgan fingerprint density at radius 2 is 1.54 bits per heavy atom. The molecule has 0 aliphatic carbocycles. The van der Waals surface area contributed by atoms with E-state index in [0.717, 1.165) is 90.0 Å². The number of rotatable bonds is 6. The van der Waals surface area contributed by atoms with Gasteiger partial charge in [0.2, 0.25) is 5.71 Å². The molecule has 1 radical (unpaired) electrons. The largest absolute Gasteiger partial charge is 0.486 e. The molecule has 0 unspecified atom stereocenters. The van der Waals surface area contributed by atoms with Gasteiger partial charge in [0.1, 0.15) is 0 Å². The van der Waals surface area contributed by atoms with Crippen molar-refractivity contribution >= 4 is 61.7 Å². The Morgan fingerprint density at radius 3 is 2.21 bits per heavy atom. The van der Waals surface area contributed by atoms with E-state index in [0.29, 0.717) is 11.6 Å². The Morgan fingerprint density at radius 1 is 0.825 bits per heavy atom. The van der Waals surface area contributed by atoms with Gasteiger partial charge in [0.15, 0.2) is 0 Å². The normalized spacial score (nSPS) is 12.0. The maximum absolute atomic E-state index is 13.4. The van der Waals surface area contributed by atoms with Crippen LogP contribution in [-0.2, 0) is 31.9 Å². The molecule has 4 aromatic carbocycles. The molecule has 0 N–H and O–H groups in total. The first-order chi connectivity index (χ1) is 29.3. The predicted octanol–water partition coefficient (Wildman–Crippen LogP) is 13.6. The fourth-order valence-electron chi connectivity index (χ4n) is 8.71. The number of fused-ring (bicyclic) bond motifs is 6. The molecule has 0 amide bonds. The van der Waals surface area contributed by atoms with E-state index in [1.165, 1.54) is 38.8 Å². The molecule has 0 bridgehead atoms. The molecule has 9 heteroatoms. The van der Waals surface area contributed by atoms with Crippen LogP contribution in [0.25, 0.3) is 72.3 Å². The maximum Gasteiger partial charge on any atom is 0.216 e. The summed E-state index contributed by atoms with van der Waals surface area (Å²) in [5.41, 5.74) is 15.6. The van der Waals surface area contributed by atoms with Crippen LogP contribution in [0.5, 0.6) is 0 Å². The monoisotopic (exact) mass is 1080 g/mol. The number of aromatic nitrogens is 5. The third-order valence-electron chi connectivity index (χ3n) is 11.5. The summed E-state index contributed by atoms with van der Waals surface area (Å²) in [6.45, 7) is 21.6. The molecule has 325 valence electrons. The van der Waals surface area contributed by atoms with Gasteiger partial charge in [-0.15, -0.1) is 17.7 Å². The van der Waals surface area contributed by atoms with Gasteiger partial charge in [-0.25, -0.2) is 4.98 Å². The Kier molecular flexibility index (Phi) is 12.8. The van der Waals surface area contributed by atoms with Crippen LogP contribution in [0.1, 0.15) is 73.8 Å². The van der Waals surface area contributed by atoms with E-state index in [9.17, 15) is 4.39 Å². The second kappa shape index (κ2) is 17.5. The van der Waals surface area contributed by atoms with Crippen molar-refractivity contribution < 1.29 is 28.9 Å². The molecule has 0 aliphatic heterocycles. The molecular formula is C54H56FGeIrN5O-2. The smallest absolute Gasteiger partial charge is 0.216 e. The van der Waals surface area contributed by atoms with E-state index in [-0.39, 0.29) is 31.3 Å². The van der Waals surface area contributed by atoms with Gasteiger partial charge >= 0.3 is 130 Å². The molecule has 0 aliphatic rings. The van der Waals surface area contributed by atoms with Crippen LogP contribution in [0.15, 0.2) is 89.5 Å². The fraction of sp³-hybridized carbons (Fsp3) is 0.296. The second-order valence-corrected chi connectivity index (χ2v) is 30.0. The molecule has 63 heavy (non-hydrogen) atoms. The van der Waals surface area contributed by atoms with Gasteiger partial charge in [-0.3, -0.25) is 9.97 Å². The van der Waals surface area contributed by atoms with Gasteiger partial charge in [-0.05, 0) is 63.1 Å². The first kappa shape index (κ1) is 46.0. The number of hydrogen-bond acceptors (Lipinski definition) is 5. The van der Waals surface area contributed by atoms with E-state index >= 15 is 0 Å². The van der Waals surface area contributed by atoms with Crippen LogP contribution >= 0.6 is 0 Å². The molecule has 5 aromatic heterocycles. The zero-order valence-corrected chi connectivity index (χ0v) is 43.2. The van der Waals surface area contributed by atoms with Crippen molar-refractivity contribution in [2.75, 3.05) is 0 Å². The molecular weight excluding hydrogens is 1020 g/mol. The average Bonchev–Trinajstić information content (AvgIpc) is 3.76. The van der Waals surface area contributed by atoms with E-state index in [1.807, 2.05) is 19.2 Å². The Labute approximate surface area is 387 Å². The second-order valence-electron chi connectivity index (χ2n) is 19.4. The summed E-state index contributed by atoms with van der Waals surface area (Å²) >= 11 is -1.95. The summed E-state index contributed by atoms with van der Waals surface area (Å²) < 4.78 is 23.7. The third-order valence-corrected chi connectivity index (χ3v) is 15.9. The zero-order valence-electron chi connectivity index (χ0n) is 38.7. The van der Waals surface area contributed by atoms with Gasteiger partial charge in [-0.1, -0.05) is 68.5 Å². The van der Waals surface area contributed by atoms with Crippen LogP contribution in [0.2, 0.25) is 17.3 Å². The van der Waals surface area contributed by atoms with E-state index in [2.05, 4.69) is 156 Å². The summed E-state index contributed by atoms with van der Waals surface area (Å²) in [5.74, 6) is 8.29. The molecule has 9 aromatic rings. The Bertz CT molecular complexity index is 3160. The number of imidazole rings is 1. The SMILES string of the molecule is CC(C)Cc1cc(-c2[c-]ccc(F)c2)nc[c]1[Ge]([CH3])([CH3])[CH3].Cc1cc(C)c(-n2c(-c3[c-]cc(C)c4c3oc3nc(C(C)(C)C)ccc34)nc3ccc4ccc(C)nc4c32)c(C)c1.[Ir]. The number of pyridine rings is 3. The first-order valence-electron chi connectivity index (χ1n) is 21.6. The molecule has 9 rings (SSSR count). The van der Waals surface area contributed by atoms with Crippen molar-refractivity contribution in [2.45, 2.75) is 98.3 Å². The molecule has 0 atom stereocenters. The number of aryl methyl sites for hydroxylation is 5. The summed E-state index contributed by atoms with van der Waals surface area (Å²) in [6, 6.07) is 32.5. The van der Waals surface area contributed by atoms with Crippen molar-refractivity contribution in [2.24, 2.45) is 5.92 Å². The van der Waals surface area contributed by atoms with Crippen molar-refractivity contribution in [3.05, 3.63) is 142 Å².